The zero-order valence-electron chi connectivity index (χ0n) is 8.98. The van der Waals surface area contributed by atoms with Crippen LogP contribution in [0.3, 0.4) is 0 Å². The number of thiophene rings is 1. The molecule has 1 rings (SSSR count). The fraction of sp³-hybridized carbons (Fsp3) is 0.400. The number of hydrogen-bond donors (Lipinski definition) is 2. The first-order chi connectivity index (χ1) is 7.60. The van der Waals surface area contributed by atoms with Crippen LogP contribution in [-0.4, -0.2) is 21.5 Å². The first kappa shape index (κ1) is 13.4. The Morgan fingerprint density at radius 2 is 2.25 bits per heavy atom. The molecule has 0 radical (unpaired) electrons. The first-order valence-electron chi connectivity index (χ1n) is 4.99. The minimum atomic E-state index is -3.35. The Morgan fingerprint density at radius 1 is 1.50 bits per heavy atom. The Morgan fingerprint density at radius 3 is 2.88 bits per heavy atom. The summed E-state index contributed by atoms with van der Waals surface area (Å²) in [4.78, 5) is 0.992. The first-order valence-corrected chi connectivity index (χ1v) is 7.29. The van der Waals surface area contributed by atoms with Crippen molar-refractivity contribution < 1.29 is 8.42 Å². The maximum absolute atomic E-state index is 11.8. The number of hydrogen-bond acceptors (Lipinski definition) is 4. The average molecular weight is 260 g/mol. The third-order valence-electron chi connectivity index (χ3n) is 1.93. The van der Waals surface area contributed by atoms with E-state index in [-0.39, 0.29) is 0 Å². The van der Waals surface area contributed by atoms with Gasteiger partial charge >= 0.3 is 0 Å². The van der Waals surface area contributed by atoms with Gasteiger partial charge in [0.1, 0.15) is 4.21 Å². The van der Waals surface area contributed by atoms with Crippen LogP contribution >= 0.6 is 11.3 Å². The maximum Gasteiger partial charge on any atom is 0.250 e. The van der Waals surface area contributed by atoms with E-state index in [1.165, 1.54) is 11.3 Å². The molecule has 0 unspecified atom stereocenters. The molecule has 1 heterocycles. The van der Waals surface area contributed by atoms with E-state index in [0.717, 1.165) is 4.88 Å². The molecule has 16 heavy (non-hydrogen) atoms. The van der Waals surface area contributed by atoms with E-state index in [1.807, 2.05) is 0 Å². The Balaban J connectivity index is 2.69. The van der Waals surface area contributed by atoms with Crippen molar-refractivity contribution >= 4 is 21.4 Å². The summed E-state index contributed by atoms with van der Waals surface area (Å²) in [7, 11) is -3.35. The van der Waals surface area contributed by atoms with E-state index < -0.39 is 10.0 Å². The number of nitrogens with one attached hydrogen (secondary N) is 1. The molecule has 0 amide bonds. The Bertz CT molecular complexity index is 437. The van der Waals surface area contributed by atoms with Crippen molar-refractivity contribution in [1.29, 1.82) is 0 Å². The van der Waals surface area contributed by atoms with E-state index in [9.17, 15) is 8.42 Å². The molecule has 6 heteroatoms. The standard InChI is InChI=1S/C10H16N2O2S2/c1-2-3-8-12-16(13,14)10-5-4-9(15-10)6-7-11/h2,4-5,12H,1,3,6-8,11H2. The second-order valence-electron chi connectivity index (χ2n) is 3.23. The lowest BCUT2D eigenvalue weighted by Crippen LogP contribution is -2.23. The van der Waals surface area contributed by atoms with E-state index in [4.69, 9.17) is 5.73 Å². The average Bonchev–Trinajstić information content (AvgIpc) is 2.68. The molecule has 0 aliphatic carbocycles. The molecule has 3 N–H and O–H groups in total. The van der Waals surface area contributed by atoms with Crippen molar-refractivity contribution in [3.05, 3.63) is 29.7 Å². The van der Waals surface area contributed by atoms with Gasteiger partial charge in [-0.2, -0.15) is 0 Å². The highest BCUT2D eigenvalue weighted by molar-refractivity contribution is 7.91. The smallest absolute Gasteiger partial charge is 0.250 e. The highest BCUT2D eigenvalue weighted by atomic mass is 32.2. The van der Waals surface area contributed by atoms with Gasteiger partial charge in [-0.25, -0.2) is 13.1 Å². The summed E-state index contributed by atoms with van der Waals surface area (Å²) in [5, 5.41) is 0. The summed E-state index contributed by atoms with van der Waals surface area (Å²) >= 11 is 1.27. The van der Waals surface area contributed by atoms with Crippen LogP contribution in [0.15, 0.2) is 29.0 Å². The van der Waals surface area contributed by atoms with Gasteiger partial charge in [0.05, 0.1) is 0 Å². The molecule has 0 fully saturated rings. The molecule has 1 aromatic rings. The number of nitrogens with two attached hydrogens (primary N) is 1. The van der Waals surface area contributed by atoms with Crippen molar-refractivity contribution in [3.63, 3.8) is 0 Å². The van der Waals surface area contributed by atoms with Crippen LogP contribution in [0, 0.1) is 0 Å². The lowest BCUT2D eigenvalue weighted by molar-refractivity contribution is 0.584. The predicted molar refractivity (Wildman–Crippen MR) is 67.1 cm³/mol. The Kier molecular flexibility index (Phi) is 5.14. The molecule has 0 atom stereocenters. The van der Waals surface area contributed by atoms with Crippen LogP contribution in [0.25, 0.3) is 0 Å². The summed E-state index contributed by atoms with van der Waals surface area (Å²) in [6, 6.07) is 3.42. The second kappa shape index (κ2) is 6.15. The van der Waals surface area contributed by atoms with Gasteiger partial charge in [0, 0.05) is 11.4 Å². The van der Waals surface area contributed by atoms with Crippen LogP contribution in [0.5, 0.6) is 0 Å². The molecule has 0 aliphatic heterocycles. The second-order valence-corrected chi connectivity index (χ2v) is 6.40. The van der Waals surface area contributed by atoms with Gasteiger partial charge in [-0.1, -0.05) is 6.08 Å². The van der Waals surface area contributed by atoms with Gasteiger partial charge < -0.3 is 5.73 Å². The molecular formula is C10H16N2O2S2. The summed E-state index contributed by atoms with van der Waals surface area (Å²) in [6.07, 6.45) is 3.02. The maximum atomic E-state index is 11.8. The topological polar surface area (TPSA) is 72.2 Å². The predicted octanol–water partition coefficient (Wildman–Crippen LogP) is 1.10. The minimum Gasteiger partial charge on any atom is -0.330 e. The largest absolute Gasteiger partial charge is 0.330 e. The normalized spacial score (nSPS) is 11.6. The van der Waals surface area contributed by atoms with Crippen molar-refractivity contribution in [2.75, 3.05) is 13.1 Å². The molecule has 90 valence electrons. The van der Waals surface area contributed by atoms with E-state index in [2.05, 4.69) is 11.3 Å². The van der Waals surface area contributed by atoms with Crippen LogP contribution in [0.1, 0.15) is 11.3 Å². The molecule has 0 aromatic carbocycles. The van der Waals surface area contributed by atoms with Gasteiger partial charge in [-0.05, 0) is 31.5 Å². The van der Waals surface area contributed by atoms with Gasteiger partial charge in [0.15, 0.2) is 0 Å². The Hall–Kier alpha value is -0.690. The van der Waals surface area contributed by atoms with Gasteiger partial charge in [0.2, 0.25) is 10.0 Å². The van der Waals surface area contributed by atoms with E-state index in [0.29, 0.717) is 30.1 Å². The third-order valence-corrected chi connectivity index (χ3v) is 5.03. The zero-order valence-corrected chi connectivity index (χ0v) is 10.6. The number of sulfonamides is 1. The van der Waals surface area contributed by atoms with Crippen molar-refractivity contribution in [1.82, 2.24) is 4.72 Å². The zero-order chi connectivity index (χ0) is 12.0. The minimum absolute atomic E-state index is 0.347. The quantitative estimate of drug-likeness (QED) is 0.569. The Labute approximate surface area is 100 Å². The summed E-state index contributed by atoms with van der Waals surface area (Å²) in [5.41, 5.74) is 5.41. The summed E-state index contributed by atoms with van der Waals surface area (Å²) in [6.45, 7) is 4.45. The van der Waals surface area contributed by atoms with E-state index in [1.54, 1.807) is 18.2 Å². The molecular weight excluding hydrogens is 244 g/mol. The SMILES string of the molecule is C=CCCNS(=O)(=O)c1ccc(CCN)s1. The van der Waals surface area contributed by atoms with Crippen molar-refractivity contribution in [2.24, 2.45) is 5.73 Å². The third kappa shape index (κ3) is 3.71. The molecule has 4 nitrogen and oxygen atoms in total. The van der Waals surface area contributed by atoms with Gasteiger partial charge in [0.25, 0.3) is 0 Å². The fourth-order valence-electron chi connectivity index (χ4n) is 1.15. The highest BCUT2D eigenvalue weighted by Gasteiger charge is 2.15. The molecule has 0 saturated carbocycles. The van der Waals surface area contributed by atoms with Gasteiger partial charge in [-0.3, -0.25) is 0 Å². The number of rotatable bonds is 7. The molecule has 0 saturated heterocycles. The summed E-state index contributed by atoms with van der Waals surface area (Å²) < 4.78 is 26.4. The monoisotopic (exact) mass is 260 g/mol. The lowest BCUT2D eigenvalue weighted by atomic mass is 10.3. The fourth-order valence-corrected chi connectivity index (χ4v) is 3.61. The molecule has 1 aromatic heterocycles. The van der Waals surface area contributed by atoms with Crippen LogP contribution in [0.4, 0.5) is 0 Å². The van der Waals surface area contributed by atoms with Crippen LogP contribution < -0.4 is 10.5 Å². The van der Waals surface area contributed by atoms with Crippen LogP contribution in [-0.2, 0) is 16.4 Å². The van der Waals surface area contributed by atoms with Crippen LogP contribution in [0.2, 0.25) is 0 Å². The molecule has 0 aliphatic rings. The van der Waals surface area contributed by atoms with Gasteiger partial charge in [-0.15, -0.1) is 17.9 Å². The lowest BCUT2D eigenvalue weighted by Gasteiger charge is -2.01. The molecule has 0 spiro atoms. The van der Waals surface area contributed by atoms with Crippen molar-refractivity contribution in [3.8, 4) is 0 Å². The van der Waals surface area contributed by atoms with Crippen molar-refractivity contribution in [2.45, 2.75) is 17.1 Å². The molecule has 0 bridgehead atoms. The van der Waals surface area contributed by atoms with E-state index >= 15 is 0 Å². The highest BCUT2D eigenvalue weighted by Crippen LogP contribution is 2.21. The summed E-state index contributed by atoms with van der Waals surface area (Å²) in [5.74, 6) is 0.